The van der Waals surface area contributed by atoms with E-state index in [4.69, 9.17) is 0 Å². The van der Waals surface area contributed by atoms with Gasteiger partial charge in [-0.05, 0) is 45.1 Å². The number of nitrogens with one attached hydrogen (secondary N) is 1. The molecule has 1 aliphatic heterocycles. The van der Waals surface area contributed by atoms with Crippen molar-refractivity contribution in [3.8, 4) is 0 Å². The Morgan fingerprint density at radius 1 is 1.25 bits per heavy atom. The zero-order chi connectivity index (χ0) is 16.8. The van der Waals surface area contributed by atoms with Crippen molar-refractivity contribution >= 4 is 29.0 Å². The van der Waals surface area contributed by atoms with E-state index in [1.165, 1.54) is 63.4 Å². The number of rotatable bonds is 6. The third-order valence-electron chi connectivity index (χ3n) is 4.95. The molecular formula is C17H28N4OS2. The van der Waals surface area contributed by atoms with E-state index < -0.39 is 0 Å². The Morgan fingerprint density at radius 3 is 2.83 bits per heavy atom. The van der Waals surface area contributed by atoms with Gasteiger partial charge in [-0.1, -0.05) is 42.4 Å². The molecule has 2 heterocycles. The van der Waals surface area contributed by atoms with Crippen molar-refractivity contribution in [3.63, 3.8) is 0 Å². The number of amides is 1. The molecule has 1 aliphatic carbocycles. The normalized spacial score (nSPS) is 23.3. The van der Waals surface area contributed by atoms with Gasteiger partial charge in [0.25, 0.3) is 0 Å². The Morgan fingerprint density at radius 2 is 2.08 bits per heavy atom. The maximum atomic E-state index is 12.2. The summed E-state index contributed by atoms with van der Waals surface area (Å²) < 4.78 is 0.880. The SMILES string of the molecule is Cc1nnc(SCC(=O)N[C@@H]2CCCN(CC3CCCCC3)C2)s1. The molecule has 1 saturated carbocycles. The average Bonchev–Trinajstić information content (AvgIpc) is 3.00. The van der Waals surface area contributed by atoms with Crippen LogP contribution in [0.25, 0.3) is 0 Å². The zero-order valence-electron chi connectivity index (χ0n) is 14.5. The number of piperidine rings is 1. The fourth-order valence-electron chi connectivity index (χ4n) is 3.81. The van der Waals surface area contributed by atoms with Gasteiger partial charge in [-0.2, -0.15) is 0 Å². The Balaban J connectivity index is 1.38. The fraction of sp³-hybridized carbons (Fsp3) is 0.824. The van der Waals surface area contributed by atoms with E-state index in [0.717, 1.165) is 28.2 Å². The number of aromatic nitrogens is 2. The predicted octanol–water partition coefficient (Wildman–Crippen LogP) is 3.10. The highest BCUT2D eigenvalue weighted by Gasteiger charge is 2.24. The van der Waals surface area contributed by atoms with Crippen LogP contribution >= 0.6 is 23.1 Å². The van der Waals surface area contributed by atoms with Crippen molar-refractivity contribution < 1.29 is 4.79 Å². The molecule has 1 atom stereocenters. The van der Waals surface area contributed by atoms with Crippen LogP contribution in [0.2, 0.25) is 0 Å². The van der Waals surface area contributed by atoms with Crippen LogP contribution in [0.4, 0.5) is 0 Å². The molecule has 1 aromatic heterocycles. The first-order valence-electron chi connectivity index (χ1n) is 9.13. The maximum absolute atomic E-state index is 12.2. The second-order valence-electron chi connectivity index (χ2n) is 7.05. The van der Waals surface area contributed by atoms with E-state index in [-0.39, 0.29) is 5.91 Å². The van der Waals surface area contributed by atoms with Gasteiger partial charge in [-0.15, -0.1) is 10.2 Å². The molecule has 1 aromatic rings. The number of hydrogen-bond donors (Lipinski definition) is 1. The number of nitrogens with zero attached hydrogens (tertiary/aromatic N) is 3. The number of thioether (sulfide) groups is 1. The maximum Gasteiger partial charge on any atom is 0.230 e. The van der Waals surface area contributed by atoms with E-state index in [0.29, 0.717) is 11.8 Å². The highest BCUT2D eigenvalue weighted by atomic mass is 32.2. The molecule has 0 aromatic carbocycles. The molecule has 7 heteroatoms. The minimum atomic E-state index is 0.123. The lowest BCUT2D eigenvalue weighted by molar-refractivity contribution is -0.119. The monoisotopic (exact) mass is 368 g/mol. The Bertz CT molecular complexity index is 530. The van der Waals surface area contributed by atoms with Crippen LogP contribution in [0.5, 0.6) is 0 Å². The third kappa shape index (κ3) is 5.70. The van der Waals surface area contributed by atoms with Crippen LogP contribution in [0, 0.1) is 12.8 Å². The van der Waals surface area contributed by atoms with Gasteiger partial charge in [0.15, 0.2) is 4.34 Å². The third-order valence-corrected chi connectivity index (χ3v) is 6.92. The molecule has 0 radical (unpaired) electrons. The number of aryl methyl sites for hydroxylation is 1. The van der Waals surface area contributed by atoms with Crippen LogP contribution in [-0.2, 0) is 4.79 Å². The van der Waals surface area contributed by atoms with E-state index in [9.17, 15) is 4.79 Å². The number of carbonyl (C=O) groups is 1. The van der Waals surface area contributed by atoms with Gasteiger partial charge in [0, 0.05) is 19.1 Å². The van der Waals surface area contributed by atoms with Crippen molar-refractivity contribution in [2.24, 2.45) is 5.92 Å². The topological polar surface area (TPSA) is 58.1 Å². The summed E-state index contributed by atoms with van der Waals surface area (Å²) in [7, 11) is 0. The van der Waals surface area contributed by atoms with Crippen LogP contribution < -0.4 is 5.32 Å². The largest absolute Gasteiger partial charge is 0.351 e. The summed E-state index contributed by atoms with van der Waals surface area (Å²) >= 11 is 3.03. The first-order valence-corrected chi connectivity index (χ1v) is 10.9. The highest BCUT2D eigenvalue weighted by molar-refractivity contribution is 8.01. The van der Waals surface area contributed by atoms with Gasteiger partial charge in [-0.3, -0.25) is 4.79 Å². The molecule has 134 valence electrons. The van der Waals surface area contributed by atoms with Gasteiger partial charge in [0.2, 0.25) is 5.91 Å². The standard InChI is InChI=1S/C17H28N4OS2/c1-13-19-20-17(24-13)23-12-16(22)18-15-8-5-9-21(11-15)10-14-6-3-2-4-7-14/h14-15H,2-12H2,1H3,(H,18,22)/t15-/m1/s1. The quantitative estimate of drug-likeness (QED) is 0.782. The van der Waals surface area contributed by atoms with Gasteiger partial charge in [-0.25, -0.2) is 0 Å². The van der Waals surface area contributed by atoms with Crippen molar-refractivity contribution in [1.82, 2.24) is 20.4 Å². The summed E-state index contributed by atoms with van der Waals surface area (Å²) in [6.45, 7) is 5.38. The summed E-state index contributed by atoms with van der Waals surface area (Å²) in [5.41, 5.74) is 0. The smallest absolute Gasteiger partial charge is 0.230 e. The van der Waals surface area contributed by atoms with Crippen molar-refractivity contribution in [2.75, 3.05) is 25.4 Å². The van der Waals surface area contributed by atoms with E-state index >= 15 is 0 Å². The molecule has 2 aliphatic rings. The molecule has 2 fully saturated rings. The summed E-state index contributed by atoms with van der Waals surface area (Å²) in [4.78, 5) is 14.8. The molecule has 1 N–H and O–H groups in total. The summed E-state index contributed by atoms with van der Waals surface area (Å²) in [5.74, 6) is 1.44. The van der Waals surface area contributed by atoms with Crippen molar-refractivity contribution in [1.29, 1.82) is 0 Å². The minimum Gasteiger partial charge on any atom is -0.351 e. The molecule has 5 nitrogen and oxygen atoms in total. The Labute approximate surface area is 153 Å². The van der Waals surface area contributed by atoms with E-state index in [2.05, 4.69) is 20.4 Å². The number of hydrogen-bond acceptors (Lipinski definition) is 6. The number of carbonyl (C=O) groups excluding carboxylic acids is 1. The lowest BCUT2D eigenvalue weighted by atomic mass is 9.88. The van der Waals surface area contributed by atoms with E-state index in [1.807, 2.05) is 6.92 Å². The first-order chi connectivity index (χ1) is 11.7. The van der Waals surface area contributed by atoms with Crippen LogP contribution in [0.3, 0.4) is 0 Å². The first kappa shape index (κ1) is 18.1. The summed E-state index contributed by atoms with van der Waals surface area (Å²) in [6, 6.07) is 0.312. The van der Waals surface area contributed by atoms with Crippen molar-refractivity contribution in [2.45, 2.75) is 62.3 Å². The predicted molar refractivity (Wildman–Crippen MR) is 99.5 cm³/mol. The molecular weight excluding hydrogens is 340 g/mol. The van der Waals surface area contributed by atoms with Crippen LogP contribution in [0.15, 0.2) is 4.34 Å². The van der Waals surface area contributed by atoms with Gasteiger partial charge >= 0.3 is 0 Å². The molecule has 1 amide bonds. The average molecular weight is 369 g/mol. The van der Waals surface area contributed by atoms with Crippen molar-refractivity contribution in [3.05, 3.63) is 5.01 Å². The second-order valence-corrected chi connectivity index (χ2v) is 9.45. The molecule has 3 rings (SSSR count). The van der Waals surface area contributed by atoms with Gasteiger partial charge in [0.1, 0.15) is 5.01 Å². The molecule has 0 bridgehead atoms. The molecule has 0 spiro atoms. The highest BCUT2D eigenvalue weighted by Crippen LogP contribution is 2.25. The second kappa shape index (κ2) is 9.15. The molecule has 0 unspecified atom stereocenters. The number of likely N-dealkylation sites (tertiary alicyclic amines) is 1. The Kier molecular flexibility index (Phi) is 6.92. The van der Waals surface area contributed by atoms with Gasteiger partial charge < -0.3 is 10.2 Å². The lowest BCUT2D eigenvalue weighted by Gasteiger charge is -2.36. The molecule has 1 saturated heterocycles. The summed E-state index contributed by atoms with van der Waals surface area (Å²) in [6.07, 6.45) is 9.32. The van der Waals surface area contributed by atoms with E-state index in [1.54, 1.807) is 11.3 Å². The van der Waals surface area contributed by atoms with Crippen LogP contribution in [0.1, 0.15) is 50.0 Å². The molecule has 24 heavy (non-hydrogen) atoms. The van der Waals surface area contributed by atoms with Gasteiger partial charge in [0.05, 0.1) is 5.75 Å². The zero-order valence-corrected chi connectivity index (χ0v) is 16.1. The summed E-state index contributed by atoms with van der Waals surface area (Å²) in [5, 5.41) is 12.2. The fourth-order valence-corrected chi connectivity index (χ4v) is 5.43. The minimum absolute atomic E-state index is 0.123. The lowest BCUT2D eigenvalue weighted by Crippen LogP contribution is -2.49. The Hall–Kier alpha value is -0.660. The van der Waals surface area contributed by atoms with Crippen LogP contribution in [-0.4, -0.2) is 52.4 Å².